The van der Waals surface area contributed by atoms with Gasteiger partial charge in [0.15, 0.2) is 6.61 Å². The van der Waals surface area contributed by atoms with E-state index in [2.05, 4.69) is 5.32 Å². The van der Waals surface area contributed by atoms with Crippen LogP contribution in [0.25, 0.3) is 0 Å². The molecular weight excluding hydrogens is 339 g/mol. The first-order valence-electron chi connectivity index (χ1n) is 8.28. The van der Waals surface area contributed by atoms with E-state index in [0.717, 1.165) is 31.2 Å². The van der Waals surface area contributed by atoms with Crippen molar-refractivity contribution in [2.45, 2.75) is 56.6 Å². The Morgan fingerprint density at radius 2 is 1.88 bits per heavy atom. The summed E-state index contributed by atoms with van der Waals surface area (Å²) < 4.78 is 53.2. The van der Waals surface area contributed by atoms with Crippen LogP contribution in [0, 0.1) is 0 Å². The van der Waals surface area contributed by atoms with E-state index in [9.17, 15) is 17.4 Å². The molecule has 3 atom stereocenters. The SMILES string of the molecule is CC[S@](=O)[C@@H]1CCCC[C@H]1NCc1ccc(OCC(F)(F)F)cc1. The first-order chi connectivity index (χ1) is 11.4. The Kier molecular flexibility index (Phi) is 7.10. The summed E-state index contributed by atoms with van der Waals surface area (Å²) >= 11 is 0. The molecule has 7 heteroatoms. The first kappa shape index (κ1) is 19.2. The molecule has 1 aromatic rings. The van der Waals surface area contributed by atoms with Crippen LogP contribution in [-0.2, 0) is 17.3 Å². The summed E-state index contributed by atoms with van der Waals surface area (Å²) in [7, 11) is -0.805. The van der Waals surface area contributed by atoms with Crippen LogP contribution in [0.5, 0.6) is 5.75 Å². The number of nitrogens with one attached hydrogen (secondary N) is 1. The fourth-order valence-corrected chi connectivity index (χ4v) is 4.43. The summed E-state index contributed by atoms with van der Waals surface area (Å²) in [5.41, 5.74) is 0.973. The summed E-state index contributed by atoms with van der Waals surface area (Å²) in [6, 6.07) is 6.85. The Morgan fingerprint density at radius 3 is 2.50 bits per heavy atom. The third-order valence-electron chi connectivity index (χ3n) is 4.22. The third-order valence-corrected chi connectivity index (χ3v) is 6.03. The zero-order valence-corrected chi connectivity index (χ0v) is 14.6. The highest BCUT2D eigenvalue weighted by atomic mass is 32.2. The van der Waals surface area contributed by atoms with Gasteiger partial charge in [-0.15, -0.1) is 0 Å². The molecular formula is C17H24F3NO2S. The number of alkyl halides is 3. The second-order valence-electron chi connectivity index (χ2n) is 6.03. The summed E-state index contributed by atoms with van der Waals surface area (Å²) in [6.45, 7) is 1.28. The van der Waals surface area contributed by atoms with Gasteiger partial charge in [-0.3, -0.25) is 4.21 Å². The molecule has 0 aromatic heterocycles. The normalized spacial score (nSPS) is 23.0. The average molecular weight is 363 g/mol. The molecule has 0 spiro atoms. The fraction of sp³-hybridized carbons (Fsp3) is 0.647. The Bertz CT molecular complexity index is 534. The second-order valence-corrected chi connectivity index (χ2v) is 7.97. The van der Waals surface area contributed by atoms with E-state index in [-0.39, 0.29) is 17.0 Å². The van der Waals surface area contributed by atoms with Crippen LogP contribution in [-0.4, -0.2) is 34.0 Å². The Hall–Kier alpha value is -1.08. The standard InChI is InChI=1S/C17H24F3NO2S/c1-2-24(22)16-6-4-3-5-15(16)21-11-13-7-9-14(10-8-13)23-12-17(18,19)20/h7-10,15-16,21H,2-6,11-12H2,1H3/t15-,16-,24+/m1/s1. The van der Waals surface area contributed by atoms with Gasteiger partial charge in [0, 0.05) is 29.1 Å². The zero-order chi connectivity index (χ0) is 17.6. The summed E-state index contributed by atoms with van der Waals surface area (Å²) in [5, 5.41) is 3.66. The Labute approximate surface area is 143 Å². The molecule has 0 aliphatic heterocycles. The van der Waals surface area contributed by atoms with Crippen LogP contribution in [0.4, 0.5) is 13.2 Å². The van der Waals surface area contributed by atoms with Crippen molar-refractivity contribution in [2.24, 2.45) is 0 Å². The number of halogens is 3. The largest absolute Gasteiger partial charge is 0.484 e. The molecule has 1 fully saturated rings. The molecule has 3 nitrogen and oxygen atoms in total. The van der Waals surface area contributed by atoms with Crippen molar-refractivity contribution in [1.82, 2.24) is 5.32 Å². The fourth-order valence-electron chi connectivity index (χ4n) is 2.98. The van der Waals surface area contributed by atoms with Gasteiger partial charge in [-0.05, 0) is 30.5 Å². The smallest absolute Gasteiger partial charge is 0.422 e. The van der Waals surface area contributed by atoms with E-state index in [1.54, 1.807) is 24.3 Å². The van der Waals surface area contributed by atoms with Crippen LogP contribution in [0.3, 0.4) is 0 Å². The number of hydrogen-bond donors (Lipinski definition) is 1. The molecule has 0 heterocycles. The predicted molar refractivity (Wildman–Crippen MR) is 89.6 cm³/mol. The van der Waals surface area contributed by atoms with Crippen LogP contribution in [0.1, 0.15) is 38.2 Å². The minimum atomic E-state index is -4.33. The molecule has 24 heavy (non-hydrogen) atoms. The lowest BCUT2D eigenvalue weighted by Gasteiger charge is -2.31. The van der Waals surface area contributed by atoms with Gasteiger partial charge in [-0.25, -0.2) is 0 Å². The van der Waals surface area contributed by atoms with Gasteiger partial charge >= 0.3 is 6.18 Å². The van der Waals surface area contributed by atoms with E-state index < -0.39 is 23.6 Å². The number of rotatable bonds is 7. The molecule has 1 aliphatic rings. The summed E-state index contributed by atoms with van der Waals surface area (Å²) in [6.07, 6.45) is -0.0597. The number of ether oxygens (including phenoxy) is 1. The van der Waals surface area contributed by atoms with Crippen molar-refractivity contribution >= 4 is 10.8 Å². The zero-order valence-electron chi connectivity index (χ0n) is 13.8. The summed E-state index contributed by atoms with van der Waals surface area (Å²) in [5.74, 6) is 0.882. The van der Waals surface area contributed by atoms with Gasteiger partial charge in [0.2, 0.25) is 0 Å². The van der Waals surface area contributed by atoms with E-state index in [1.807, 2.05) is 6.92 Å². The molecule has 1 saturated carbocycles. The quantitative estimate of drug-likeness (QED) is 0.801. The highest BCUT2D eigenvalue weighted by Crippen LogP contribution is 2.24. The van der Waals surface area contributed by atoms with Gasteiger partial charge in [-0.2, -0.15) is 13.2 Å². The molecule has 1 aliphatic carbocycles. The van der Waals surface area contributed by atoms with Gasteiger partial charge in [0.1, 0.15) is 5.75 Å². The molecule has 0 radical (unpaired) electrons. The van der Waals surface area contributed by atoms with Crippen molar-refractivity contribution in [2.75, 3.05) is 12.4 Å². The van der Waals surface area contributed by atoms with Crippen LogP contribution >= 0.6 is 0 Å². The lowest BCUT2D eigenvalue weighted by molar-refractivity contribution is -0.153. The van der Waals surface area contributed by atoms with Crippen LogP contribution < -0.4 is 10.1 Å². The molecule has 136 valence electrons. The molecule has 1 aromatic carbocycles. The highest BCUT2D eigenvalue weighted by Gasteiger charge is 2.29. The first-order valence-corrected chi connectivity index (χ1v) is 9.66. The van der Waals surface area contributed by atoms with Crippen LogP contribution in [0.2, 0.25) is 0 Å². The van der Waals surface area contributed by atoms with Crippen LogP contribution in [0.15, 0.2) is 24.3 Å². The van der Waals surface area contributed by atoms with Gasteiger partial charge in [0.25, 0.3) is 0 Å². The average Bonchev–Trinajstić information content (AvgIpc) is 2.58. The third kappa shape index (κ3) is 6.09. The van der Waals surface area contributed by atoms with Crippen molar-refractivity contribution in [1.29, 1.82) is 0 Å². The van der Waals surface area contributed by atoms with Gasteiger partial charge in [0.05, 0.1) is 5.25 Å². The van der Waals surface area contributed by atoms with Crippen molar-refractivity contribution in [3.05, 3.63) is 29.8 Å². The predicted octanol–water partition coefficient (Wildman–Crippen LogP) is 3.80. The summed E-state index contributed by atoms with van der Waals surface area (Å²) in [4.78, 5) is 0. The minimum absolute atomic E-state index is 0.193. The lowest BCUT2D eigenvalue weighted by atomic mass is 9.94. The molecule has 2 rings (SSSR count). The number of benzene rings is 1. The molecule has 0 amide bonds. The van der Waals surface area contributed by atoms with E-state index >= 15 is 0 Å². The van der Waals surface area contributed by atoms with Gasteiger partial charge in [-0.1, -0.05) is 31.9 Å². The van der Waals surface area contributed by atoms with E-state index in [4.69, 9.17) is 4.74 Å². The maximum absolute atomic E-state index is 12.1. The minimum Gasteiger partial charge on any atom is -0.484 e. The Morgan fingerprint density at radius 1 is 1.21 bits per heavy atom. The van der Waals surface area contributed by atoms with E-state index in [0.29, 0.717) is 12.3 Å². The maximum atomic E-state index is 12.1. The molecule has 0 unspecified atom stereocenters. The topological polar surface area (TPSA) is 38.3 Å². The van der Waals surface area contributed by atoms with Crippen molar-refractivity contribution in [3.63, 3.8) is 0 Å². The second kappa shape index (κ2) is 8.85. The molecule has 0 bridgehead atoms. The van der Waals surface area contributed by atoms with Crippen molar-refractivity contribution in [3.8, 4) is 5.75 Å². The maximum Gasteiger partial charge on any atom is 0.422 e. The monoisotopic (exact) mass is 363 g/mol. The number of hydrogen-bond acceptors (Lipinski definition) is 3. The molecule has 1 N–H and O–H groups in total. The Balaban J connectivity index is 1.86. The molecule has 0 saturated heterocycles. The highest BCUT2D eigenvalue weighted by molar-refractivity contribution is 7.85. The van der Waals surface area contributed by atoms with Crippen molar-refractivity contribution < 1.29 is 22.1 Å². The van der Waals surface area contributed by atoms with Gasteiger partial charge < -0.3 is 10.1 Å². The lowest BCUT2D eigenvalue weighted by Crippen LogP contribution is -2.44. The van der Waals surface area contributed by atoms with E-state index in [1.165, 1.54) is 0 Å².